The van der Waals surface area contributed by atoms with Crippen LogP contribution in [0.2, 0.25) is 0 Å². The summed E-state index contributed by atoms with van der Waals surface area (Å²) in [5.74, 6) is 1.49. The van der Waals surface area contributed by atoms with Crippen molar-refractivity contribution >= 4 is 16.7 Å². The highest BCUT2D eigenvalue weighted by molar-refractivity contribution is 6.10. The first kappa shape index (κ1) is 18.0. The van der Waals surface area contributed by atoms with Gasteiger partial charge in [0.25, 0.3) is 0 Å². The minimum absolute atomic E-state index is 0.102. The van der Waals surface area contributed by atoms with E-state index in [1.54, 1.807) is 20.4 Å². The van der Waals surface area contributed by atoms with Gasteiger partial charge in [0, 0.05) is 29.2 Å². The van der Waals surface area contributed by atoms with Crippen LogP contribution in [0.15, 0.2) is 48.7 Å². The second-order valence-corrected chi connectivity index (χ2v) is 6.39. The van der Waals surface area contributed by atoms with Crippen LogP contribution in [0.3, 0.4) is 0 Å². The lowest BCUT2D eigenvalue weighted by molar-refractivity contribution is 0.0864. The lowest BCUT2D eigenvalue weighted by atomic mass is 10.0. The number of hydrogen-bond acceptors (Lipinski definition) is 4. The van der Waals surface area contributed by atoms with Crippen LogP contribution in [0, 0.1) is 0 Å². The van der Waals surface area contributed by atoms with Crippen LogP contribution in [0.25, 0.3) is 10.9 Å². The summed E-state index contributed by atoms with van der Waals surface area (Å²) in [7, 11) is 5.19. The number of ketones is 1. The second-order valence-electron chi connectivity index (χ2n) is 6.39. The standard InChI is InChI=1S/C21H24N2O3/c1-14(21(24)17-12-22-18-8-6-5-7-16(17)18)23(2)13-15-9-10-19(25-3)20(11-15)26-4/h5-12,14,22H,13H2,1-4H3. The Balaban J connectivity index is 1.77. The summed E-state index contributed by atoms with van der Waals surface area (Å²) >= 11 is 0. The van der Waals surface area contributed by atoms with E-state index in [0.717, 1.165) is 22.0 Å². The first-order valence-electron chi connectivity index (χ1n) is 8.56. The number of Topliss-reactive ketones (excluding diaryl/α,β-unsaturated/α-hetero) is 1. The van der Waals surface area contributed by atoms with E-state index in [2.05, 4.69) is 4.98 Å². The zero-order valence-corrected chi connectivity index (χ0v) is 15.6. The first-order chi connectivity index (χ1) is 12.5. The van der Waals surface area contributed by atoms with E-state index in [-0.39, 0.29) is 11.8 Å². The molecule has 0 saturated heterocycles. The van der Waals surface area contributed by atoms with Crippen LogP contribution in [0.1, 0.15) is 22.8 Å². The molecule has 0 aliphatic heterocycles. The number of carbonyl (C=O) groups is 1. The quantitative estimate of drug-likeness (QED) is 0.656. The molecule has 0 radical (unpaired) electrons. The molecule has 1 aromatic heterocycles. The average molecular weight is 352 g/mol. The number of nitrogens with zero attached hydrogens (tertiary/aromatic N) is 1. The van der Waals surface area contributed by atoms with Crippen molar-refractivity contribution in [3.8, 4) is 11.5 Å². The highest BCUT2D eigenvalue weighted by Gasteiger charge is 2.22. The Morgan fingerprint density at radius 2 is 1.85 bits per heavy atom. The predicted octanol–water partition coefficient (Wildman–Crippen LogP) is 3.89. The highest BCUT2D eigenvalue weighted by Crippen LogP contribution is 2.28. The average Bonchev–Trinajstić information content (AvgIpc) is 3.10. The molecule has 1 atom stereocenters. The summed E-state index contributed by atoms with van der Waals surface area (Å²) in [5, 5.41) is 0.962. The molecule has 26 heavy (non-hydrogen) atoms. The van der Waals surface area contributed by atoms with Crippen molar-refractivity contribution in [2.75, 3.05) is 21.3 Å². The summed E-state index contributed by atoms with van der Waals surface area (Å²) < 4.78 is 10.6. The van der Waals surface area contributed by atoms with Crippen LogP contribution in [0.5, 0.6) is 11.5 Å². The number of benzene rings is 2. The lowest BCUT2D eigenvalue weighted by Crippen LogP contribution is -2.35. The molecule has 0 aliphatic rings. The number of H-pyrrole nitrogens is 1. The monoisotopic (exact) mass is 352 g/mol. The van der Waals surface area contributed by atoms with Crippen molar-refractivity contribution in [1.29, 1.82) is 0 Å². The maximum atomic E-state index is 13.0. The third-order valence-corrected chi connectivity index (χ3v) is 4.78. The highest BCUT2D eigenvalue weighted by atomic mass is 16.5. The number of para-hydroxylation sites is 1. The summed E-state index contributed by atoms with van der Waals surface area (Å²) in [4.78, 5) is 18.2. The number of likely N-dealkylation sites (N-methyl/N-ethyl adjacent to an activating group) is 1. The summed E-state index contributed by atoms with van der Waals surface area (Å²) in [6.07, 6.45) is 1.80. The van der Waals surface area contributed by atoms with Gasteiger partial charge in [-0.05, 0) is 37.7 Å². The van der Waals surface area contributed by atoms with E-state index in [9.17, 15) is 4.79 Å². The Labute approximate surface area is 153 Å². The van der Waals surface area contributed by atoms with Gasteiger partial charge in [0.2, 0.25) is 0 Å². The molecule has 1 N–H and O–H groups in total. The van der Waals surface area contributed by atoms with Crippen molar-refractivity contribution in [1.82, 2.24) is 9.88 Å². The number of carbonyl (C=O) groups excluding carboxylic acids is 1. The van der Waals surface area contributed by atoms with Crippen LogP contribution in [-0.4, -0.2) is 43.0 Å². The molecule has 0 amide bonds. The summed E-state index contributed by atoms with van der Waals surface area (Å²) in [6.45, 7) is 2.57. The molecule has 0 spiro atoms. The van der Waals surface area contributed by atoms with Crippen LogP contribution in [-0.2, 0) is 6.54 Å². The number of aromatic amines is 1. The van der Waals surface area contributed by atoms with Gasteiger partial charge in [0.05, 0.1) is 20.3 Å². The molecule has 5 nitrogen and oxygen atoms in total. The van der Waals surface area contributed by atoms with Crippen molar-refractivity contribution < 1.29 is 14.3 Å². The molecular weight excluding hydrogens is 328 g/mol. The first-order valence-corrected chi connectivity index (χ1v) is 8.56. The van der Waals surface area contributed by atoms with E-state index in [4.69, 9.17) is 9.47 Å². The van der Waals surface area contributed by atoms with Crippen molar-refractivity contribution in [3.05, 3.63) is 59.8 Å². The van der Waals surface area contributed by atoms with Crippen LogP contribution >= 0.6 is 0 Å². The molecular formula is C21H24N2O3. The third-order valence-electron chi connectivity index (χ3n) is 4.78. The van der Waals surface area contributed by atoms with Crippen molar-refractivity contribution in [3.63, 3.8) is 0 Å². The van der Waals surface area contributed by atoms with Gasteiger partial charge in [-0.3, -0.25) is 9.69 Å². The molecule has 3 aromatic rings. The smallest absolute Gasteiger partial charge is 0.181 e. The van der Waals surface area contributed by atoms with Gasteiger partial charge in [-0.15, -0.1) is 0 Å². The number of fused-ring (bicyclic) bond motifs is 1. The lowest BCUT2D eigenvalue weighted by Gasteiger charge is -2.24. The predicted molar refractivity (Wildman–Crippen MR) is 103 cm³/mol. The summed E-state index contributed by atoms with van der Waals surface area (Å²) in [5.41, 5.74) is 2.77. The van der Waals surface area contributed by atoms with Crippen LogP contribution in [0.4, 0.5) is 0 Å². The number of ether oxygens (including phenoxy) is 2. The minimum Gasteiger partial charge on any atom is -0.493 e. The molecule has 0 fully saturated rings. The molecule has 1 unspecified atom stereocenters. The second kappa shape index (κ2) is 7.62. The Hall–Kier alpha value is -2.79. The number of rotatable bonds is 7. The SMILES string of the molecule is COc1ccc(CN(C)C(C)C(=O)c2c[nH]c3ccccc23)cc1OC. The maximum absolute atomic E-state index is 13.0. The molecule has 0 bridgehead atoms. The van der Waals surface area contributed by atoms with Gasteiger partial charge in [-0.25, -0.2) is 0 Å². The topological polar surface area (TPSA) is 54.6 Å². The van der Waals surface area contributed by atoms with Gasteiger partial charge < -0.3 is 14.5 Å². The normalized spacial score (nSPS) is 12.3. The third kappa shape index (κ3) is 3.44. The van der Waals surface area contributed by atoms with E-state index in [0.29, 0.717) is 18.0 Å². The summed E-state index contributed by atoms with van der Waals surface area (Å²) in [6, 6.07) is 13.4. The molecule has 136 valence electrons. The van der Waals surface area contributed by atoms with Gasteiger partial charge in [-0.1, -0.05) is 24.3 Å². The largest absolute Gasteiger partial charge is 0.493 e. The van der Waals surface area contributed by atoms with Gasteiger partial charge >= 0.3 is 0 Å². The fourth-order valence-corrected chi connectivity index (χ4v) is 3.10. The van der Waals surface area contributed by atoms with E-state index >= 15 is 0 Å². The zero-order valence-electron chi connectivity index (χ0n) is 15.6. The van der Waals surface area contributed by atoms with E-state index in [1.807, 2.05) is 61.3 Å². The number of methoxy groups -OCH3 is 2. The van der Waals surface area contributed by atoms with Crippen molar-refractivity contribution in [2.45, 2.75) is 19.5 Å². The molecule has 0 saturated carbocycles. The number of hydrogen-bond donors (Lipinski definition) is 1. The van der Waals surface area contributed by atoms with Crippen LogP contribution < -0.4 is 9.47 Å². The molecule has 5 heteroatoms. The van der Waals surface area contributed by atoms with Crippen molar-refractivity contribution in [2.24, 2.45) is 0 Å². The van der Waals surface area contributed by atoms with Gasteiger partial charge in [0.15, 0.2) is 17.3 Å². The fourth-order valence-electron chi connectivity index (χ4n) is 3.10. The Morgan fingerprint density at radius 3 is 2.58 bits per heavy atom. The van der Waals surface area contributed by atoms with E-state index < -0.39 is 0 Å². The number of nitrogens with one attached hydrogen (secondary N) is 1. The zero-order chi connectivity index (χ0) is 18.7. The molecule has 0 aliphatic carbocycles. The maximum Gasteiger partial charge on any atom is 0.181 e. The Kier molecular flexibility index (Phi) is 5.28. The van der Waals surface area contributed by atoms with Gasteiger partial charge in [0.1, 0.15) is 0 Å². The Bertz CT molecular complexity index is 917. The minimum atomic E-state index is -0.248. The molecule has 2 aromatic carbocycles. The van der Waals surface area contributed by atoms with E-state index in [1.165, 1.54) is 0 Å². The van der Waals surface area contributed by atoms with Gasteiger partial charge in [-0.2, -0.15) is 0 Å². The number of aromatic nitrogens is 1. The molecule has 1 heterocycles. The Morgan fingerprint density at radius 1 is 1.12 bits per heavy atom. The fraction of sp³-hybridized carbons (Fsp3) is 0.286. The molecule has 3 rings (SSSR count).